The Hall–Kier alpha value is -1.65. The van der Waals surface area contributed by atoms with E-state index in [-0.39, 0.29) is 29.8 Å². The molecule has 2 fully saturated rings. The number of esters is 1. The van der Waals surface area contributed by atoms with Crippen molar-refractivity contribution in [2.45, 2.75) is 110 Å². The first-order valence-corrected chi connectivity index (χ1v) is 13.8. The van der Waals surface area contributed by atoms with Crippen LogP contribution in [0.3, 0.4) is 0 Å². The molecule has 0 aliphatic carbocycles. The Bertz CT molecular complexity index is 975. The molecule has 1 aromatic rings. The molecule has 8 nitrogen and oxygen atoms in total. The average molecular weight is 523 g/mol. The number of fused-ring (bicyclic) bond motifs is 1. The van der Waals surface area contributed by atoms with Crippen LogP contribution in [0.25, 0.3) is 6.08 Å². The van der Waals surface area contributed by atoms with E-state index in [4.69, 9.17) is 15.2 Å². The van der Waals surface area contributed by atoms with E-state index in [9.17, 15) is 19.8 Å². The minimum atomic E-state index is -1.24. The molecule has 2 aliphatic heterocycles. The highest BCUT2D eigenvalue weighted by Crippen LogP contribution is 2.45. The number of cyclic esters (lactones) is 1. The lowest BCUT2D eigenvalue weighted by Gasteiger charge is -2.34. The molecule has 4 N–H and O–H groups in total. The van der Waals surface area contributed by atoms with E-state index in [1.54, 1.807) is 20.8 Å². The summed E-state index contributed by atoms with van der Waals surface area (Å²) in [5, 5.41) is 24.5. The van der Waals surface area contributed by atoms with Crippen LogP contribution in [-0.4, -0.2) is 57.0 Å². The smallest absolute Gasteiger partial charge is 0.309 e. The second-order valence-corrected chi connectivity index (χ2v) is 12.3. The number of aliphatic hydroxyl groups excluding tert-OH is 2. The van der Waals surface area contributed by atoms with Crippen LogP contribution in [0.5, 0.6) is 0 Å². The molecule has 36 heavy (non-hydrogen) atoms. The summed E-state index contributed by atoms with van der Waals surface area (Å²) < 4.78 is 11.9. The van der Waals surface area contributed by atoms with Gasteiger partial charge in [-0.3, -0.25) is 9.59 Å². The van der Waals surface area contributed by atoms with E-state index in [1.165, 1.54) is 11.3 Å². The molecule has 0 spiro atoms. The SMILES string of the molecule is C/C(=C\c1csc(CN)n1)C1C[C@@H]2O[C@]2(C)CCCC(C)[C@H](O)[C@@H](C)C(=O)C(C)(C)C(O)CC(=O)O1. The van der Waals surface area contributed by atoms with Crippen molar-refractivity contribution in [2.75, 3.05) is 0 Å². The van der Waals surface area contributed by atoms with Gasteiger partial charge in [0.2, 0.25) is 0 Å². The molecule has 202 valence electrons. The first-order chi connectivity index (χ1) is 16.8. The quantitative estimate of drug-likeness (QED) is 0.405. The molecule has 2 saturated heterocycles. The minimum absolute atomic E-state index is 0.0660. The third-order valence-electron chi connectivity index (χ3n) is 8.03. The van der Waals surface area contributed by atoms with Gasteiger partial charge in [0.25, 0.3) is 0 Å². The van der Waals surface area contributed by atoms with Gasteiger partial charge in [-0.05, 0) is 44.3 Å². The van der Waals surface area contributed by atoms with E-state index in [0.29, 0.717) is 13.0 Å². The van der Waals surface area contributed by atoms with Crippen molar-refractivity contribution < 1.29 is 29.3 Å². The molecule has 9 heteroatoms. The minimum Gasteiger partial charge on any atom is -0.458 e. The Morgan fingerprint density at radius 1 is 1.28 bits per heavy atom. The molecular weight excluding hydrogens is 480 g/mol. The number of Topliss-reactive ketones (excluding diaryl/α,β-unsaturated/α-hetero) is 1. The highest BCUT2D eigenvalue weighted by atomic mass is 32.1. The van der Waals surface area contributed by atoms with Crippen LogP contribution in [-0.2, 0) is 25.6 Å². The lowest BCUT2D eigenvalue weighted by molar-refractivity contribution is -0.154. The molecule has 7 atom stereocenters. The standard InChI is InChI=1S/C27H42N2O6S/c1-15-8-7-9-27(6)21(35-27)11-19(16(2)10-18-14-36-22(13-28)29-18)34-23(31)12-20(30)26(4,5)25(33)17(3)24(15)32/h10,14-15,17,19-21,24,30,32H,7-9,11-13,28H2,1-6H3/b16-10+/t15?,17-,19?,20?,21+,24+,27-/m1/s1. The van der Waals surface area contributed by atoms with Crippen molar-refractivity contribution >= 4 is 29.2 Å². The fourth-order valence-electron chi connectivity index (χ4n) is 5.11. The molecule has 2 aliphatic rings. The first kappa shape index (κ1) is 28.9. The largest absolute Gasteiger partial charge is 0.458 e. The highest BCUT2D eigenvalue weighted by Gasteiger charge is 2.53. The van der Waals surface area contributed by atoms with Gasteiger partial charge in [-0.25, -0.2) is 4.98 Å². The zero-order valence-electron chi connectivity index (χ0n) is 22.3. The van der Waals surface area contributed by atoms with Gasteiger partial charge < -0.3 is 25.4 Å². The molecule has 0 aromatic carbocycles. The molecule has 3 rings (SSSR count). The number of epoxide rings is 1. The van der Waals surface area contributed by atoms with Crippen molar-refractivity contribution in [1.29, 1.82) is 0 Å². The molecule has 0 saturated carbocycles. The number of carbonyl (C=O) groups is 2. The maximum atomic E-state index is 13.2. The van der Waals surface area contributed by atoms with Crippen LogP contribution < -0.4 is 5.73 Å². The van der Waals surface area contributed by atoms with E-state index in [2.05, 4.69) is 11.9 Å². The van der Waals surface area contributed by atoms with E-state index in [0.717, 1.165) is 35.5 Å². The van der Waals surface area contributed by atoms with Crippen molar-refractivity contribution in [3.8, 4) is 0 Å². The van der Waals surface area contributed by atoms with E-state index >= 15 is 0 Å². The number of ketones is 1. The predicted octanol–water partition coefficient (Wildman–Crippen LogP) is 3.63. The van der Waals surface area contributed by atoms with Gasteiger partial charge in [0.05, 0.1) is 41.4 Å². The van der Waals surface area contributed by atoms with Crippen molar-refractivity contribution in [1.82, 2.24) is 4.98 Å². The molecule has 3 unspecified atom stereocenters. The molecule has 3 heterocycles. The lowest BCUT2D eigenvalue weighted by atomic mass is 9.73. The number of aromatic nitrogens is 1. The molecule has 1 aromatic heterocycles. The zero-order chi connectivity index (χ0) is 26.8. The maximum Gasteiger partial charge on any atom is 0.309 e. The Labute approximate surface area is 218 Å². The first-order valence-electron chi connectivity index (χ1n) is 12.9. The van der Waals surface area contributed by atoms with Gasteiger partial charge in [-0.2, -0.15) is 0 Å². The van der Waals surface area contributed by atoms with Crippen LogP contribution in [0.15, 0.2) is 11.0 Å². The van der Waals surface area contributed by atoms with Crippen LogP contribution in [0.1, 0.15) is 84.3 Å². The highest BCUT2D eigenvalue weighted by molar-refractivity contribution is 7.09. The number of hydrogen-bond acceptors (Lipinski definition) is 9. The number of thiazole rings is 1. The number of aliphatic hydroxyl groups is 2. The molecular formula is C27H42N2O6S. The number of ether oxygens (including phenoxy) is 2. The molecule has 0 amide bonds. The Kier molecular flexibility index (Phi) is 9.15. The number of nitrogens with zero attached hydrogens (tertiary/aromatic N) is 1. The van der Waals surface area contributed by atoms with Crippen molar-refractivity contribution in [3.63, 3.8) is 0 Å². The van der Waals surface area contributed by atoms with Gasteiger partial charge in [0.1, 0.15) is 16.9 Å². The summed E-state index contributed by atoms with van der Waals surface area (Å²) in [6, 6.07) is 0. The maximum absolute atomic E-state index is 13.2. The molecule has 0 radical (unpaired) electrons. The van der Waals surface area contributed by atoms with Crippen LogP contribution in [0.4, 0.5) is 0 Å². The normalized spacial score (nSPS) is 36.8. The zero-order valence-corrected chi connectivity index (χ0v) is 23.1. The lowest BCUT2D eigenvalue weighted by Crippen LogP contribution is -2.45. The third-order valence-corrected chi connectivity index (χ3v) is 8.92. The second kappa shape index (κ2) is 11.4. The fraction of sp³-hybridized carbons (Fsp3) is 0.741. The summed E-state index contributed by atoms with van der Waals surface area (Å²) in [5.41, 5.74) is 5.74. The monoisotopic (exact) mass is 522 g/mol. The van der Waals surface area contributed by atoms with Crippen LogP contribution in [0, 0.1) is 17.3 Å². The van der Waals surface area contributed by atoms with Crippen molar-refractivity contribution in [2.24, 2.45) is 23.0 Å². The van der Waals surface area contributed by atoms with Gasteiger partial charge in [0, 0.05) is 24.3 Å². The molecule has 0 bridgehead atoms. The summed E-state index contributed by atoms with van der Waals surface area (Å²) in [7, 11) is 0. The number of rotatable bonds is 3. The fourth-order valence-corrected chi connectivity index (χ4v) is 5.74. The topological polar surface area (TPSA) is 135 Å². The summed E-state index contributed by atoms with van der Waals surface area (Å²) in [5.74, 6) is -1.59. The van der Waals surface area contributed by atoms with Crippen LogP contribution in [0.2, 0.25) is 0 Å². The average Bonchev–Trinajstić information content (AvgIpc) is 3.23. The Morgan fingerprint density at radius 3 is 2.61 bits per heavy atom. The van der Waals surface area contributed by atoms with E-state index < -0.39 is 35.6 Å². The summed E-state index contributed by atoms with van der Waals surface area (Å²) >= 11 is 1.48. The Morgan fingerprint density at radius 2 is 1.97 bits per heavy atom. The van der Waals surface area contributed by atoms with Gasteiger partial charge in [0.15, 0.2) is 0 Å². The number of nitrogens with two attached hydrogens (primary N) is 1. The van der Waals surface area contributed by atoms with Crippen molar-refractivity contribution in [3.05, 3.63) is 21.7 Å². The second-order valence-electron chi connectivity index (χ2n) is 11.3. The third kappa shape index (κ3) is 6.61. The summed E-state index contributed by atoms with van der Waals surface area (Å²) in [6.45, 7) is 11.2. The van der Waals surface area contributed by atoms with E-state index in [1.807, 2.05) is 25.3 Å². The number of hydrogen-bond donors (Lipinski definition) is 3. The Balaban J connectivity index is 1.85. The number of carbonyl (C=O) groups excluding carboxylic acids is 2. The van der Waals surface area contributed by atoms with Gasteiger partial charge >= 0.3 is 5.97 Å². The summed E-state index contributed by atoms with van der Waals surface area (Å²) in [4.78, 5) is 30.7. The summed E-state index contributed by atoms with van der Waals surface area (Å²) in [6.07, 6.45) is 1.80. The van der Waals surface area contributed by atoms with Gasteiger partial charge in [-0.1, -0.05) is 34.1 Å². The predicted molar refractivity (Wildman–Crippen MR) is 139 cm³/mol. The van der Waals surface area contributed by atoms with Crippen LogP contribution >= 0.6 is 11.3 Å². The van der Waals surface area contributed by atoms with Gasteiger partial charge in [-0.15, -0.1) is 11.3 Å².